The number of rotatable bonds is 6. The molecule has 2 aromatic carbocycles. The predicted octanol–water partition coefficient (Wildman–Crippen LogP) is 4.56. The van der Waals surface area contributed by atoms with Crippen LogP contribution < -0.4 is 21.1 Å². The zero-order valence-electron chi connectivity index (χ0n) is 15.2. The van der Waals surface area contributed by atoms with E-state index in [1.807, 2.05) is 45.0 Å². The Hall–Kier alpha value is -3.28. The molecule has 0 aliphatic carbocycles. The van der Waals surface area contributed by atoms with Gasteiger partial charge in [-0.25, -0.2) is 9.97 Å². The second-order valence-electron chi connectivity index (χ2n) is 6.01. The largest absolute Gasteiger partial charge is 0.494 e. The van der Waals surface area contributed by atoms with Gasteiger partial charge in [-0.2, -0.15) is 0 Å². The third kappa shape index (κ3) is 4.03. The number of nitrogens with two attached hydrogens (primary N) is 1. The monoisotopic (exact) mass is 349 g/mol. The van der Waals surface area contributed by atoms with E-state index in [1.165, 1.54) is 11.9 Å². The van der Waals surface area contributed by atoms with Gasteiger partial charge in [-0.3, -0.25) is 0 Å². The van der Waals surface area contributed by atoms with Crippen molar-refractivity contribution in [2.24, 2.45) is 0 Å². The number of ether oxygens (including phenoxy) is 1. The van der Waals surface area contributed by atoms with E-state index in [9.17, 15) is 0 Å². The van der Waals surface area contributed by atoms with E-state index in [2.05, 4.69) is 38.8 Å². The third-order valence-electron chi connectivity index (χ3n) is 3.96. The lowest BCUT2D eigenvalue weighted by Gasteiger charge is -2.14. The number of aryl methyl sites for hydroxylation is 2. The highest BCUT2D eigenvalue weighted by Gasteiger charge is 2.10. The molecule has 4 N–H and O–H groups in total. The van der Waals surface area contributed by atoms with E-state index < -0.39 is 0 Å². The van der Waals surface area contributed by atoms with Gasteiger partial charge >= 0.3 is 0 Å². The SMILES string of the molecule is CCOc1ccc(Nc2ncnc(Nc3cc(C)ccc3C)c2N)cc1. The molecule has 3 rings (SSSR count). The highest BCUT2D eigenvalue weighted by atomic mass is 16.5. The number of anilines is 5. The summed E-state index contributed by atoms with van der Waals surface area (Å²) < 4.78 is 5.45. The first kappa shape index (κ1) is 17.5. The first-order valence-corrected chi connectivity index (χ1v) is 8.51. The molecule has 1 aromatic heterocycles. The van der Waals surface area contributed by atoms with Crippen molar-refractivity contribution in [3.8, 4) is 5.75 Å². The van der Waals surface area contributed by atoms with Crippen molar-refractivity contribution in [2.75, 3.05) is 23.0 Å². The second-order valence-corrected chi connectivity index (χ2v) is 6.01. The van der Waals surface area contributed by atoms with Gasteiger partial charge in [0.2, 0.25) is 0 Å². The summed E-state index contributed by atoms with van der Waals surface area (Å²) in [6, 6.07) is 13.8. The maximum atomic E-state index is 6.27. The van der Waals surface area contributed by atoms with Crippen molar-refractivity contribution in [2.45, 2.75) is 20.8 Å². The van der Waals surface area contributed by atoms with Crippen molar-refractivity contribution in [1.82, 2.24) is 9.97 Å². The molecule has 6 nitrogen and oxygen atoms in total. The average Bonchev–Trinajstić information content (AvgIpc) is 2.63. The van der Waals surface area contributed by atoms with Crippen molar-refractivity contribution in [1.29, 1.82) is 0 Å². The highest BCUT2D eigenvalue weighted by molar-refractivity contribution is 5.80. The van der Waals surface area contributed by atoms with Crippen molar-refractivity contribution in [3.05, 3.63) is 59.9 Å². The molecule has 0 spiro atoms. The van der Waals surface area contributed by atoms with Crippen LogP contribution in [0, 0.1) is 13.8 Å². The fourth-order valence-corrected chi connectivity index (χ4v) is 2.53. The van der Waals surface area contributed by atoms with Crippen molar-refractivity contribution >= 4 is 28.7 Å². The van der Waals surface area contributed by atoms with Gasteiger partial charge in [0.1, 0.15) is 17.8 Å². The van der Waals surface area contributed by atoms with Crippen molar-refractivity contribution in [3.63, 3.8) is 0 Å². The molecule has 0 radical (unpaired) electrons. The summed E-state index contributed by atoms with van der Waals surface area (Å²) in [5.41, 5.74) is 10.9. The number of nitrogen functional groups attached to an aromatic ring is 1. The second kappa shape index (κ2) is 7.74. The lowest BCUT2D eigenvalue weighted by Crippen LogP contribution is -2.06. The van der Waals surface area contributed by atoms with Crippen LogP contribution in [-0.2, 0) is 0 Å². The third-order valence-corrected chi connectivity index (χ3v) is 3.96. The molecule has 0 unspecified atom stereocenters. The smallest absolute Gasteiger partial charge is 0.159 e. The average molecular weight is 349 g/mol. The Morgan fingerprint density at radius 2 is 1.65 bits per heavy atom. The van der Waals surface area contributed by atoms with E-state index in [1.54, 1.807) is 0 Å². The van der Waals surface area contributed by atoms with E-state index in [0.29, 0.717) is 23.9 Å². The van der Waals surface area contributed by atoms with Crippen LogP contribution >= 0.6 is 0 Å². The number of nitrogens with zero attached hydrogens (tertiary/aromatic N) is 2. The summed E-state index contributed by atoms with van der Waals surface area (Å²) >= 11 is 0. The predicted molar refractivity (Wildman–Crippen MR) is 107 cm³/mol. The molecule has 0 bridgehead atoms. The van der Waals surface area contributed by atoms with Gasteiger partial charge in [0.25, 0.3) is 0 Å². The Kier molecular flexibility index (Phi) is 5.22. The molecule has 0 aliphatic heterocycles. The van der Waals surface area contributed by atoms with Gasteiger partial charge in [-0.1, -0.05) is 12.1 Å². The van der Waals surface area contributed by atoms with Crippen molar-refractivity contribution < 1.29 is 4.74 Å². The minimum atomic E-state index is 0.460. The first-order valence-electron chi connectivity index (χ1n) is 8.51. The molecule has 26 heavy (non-hydrogen) atoms. The normalized spacial score (nSPS) is 10.4. The molecule has 0 fully saturated rings. The van der Waals surface area contributed by atoms with Crippen LogP contribution in [0.3, 0.4) is 0 Å². The molecule has 0 aliphatic rings. The van der Waals surface area contributed by atoms with Gasteiger partial charge in [-0.05, 0) is 62.2 Å². The lowest BCUT2D eigenvalue weighted by molar-refractivity contribution is 0.340. The van der Waals surface area contributed by atoms with Crippen LogP contribution in [0.5, 0.6) is 5.75 Å². The molecular formula is C20H23N5O. The topological polar surface area (TPSA) is 85.1 Å². The quantitative estimate of drug-likeness (QED) is 0.605. The summed E-state index contributed by atoms with van der Waals surface area (Å²) in [7, 11) is 0. The zero-order chi connectivity index (χ0) is 18.5. The number of aromatic nitrogens is 2. The Bertz CT molecular complexity index is 893. The number of nitrogens with one attached hydrogen (secondary N) is 2. The maximum absolute atomic E-state index is 6.27. The summed E-state index contributed by atoms with van der Waals surface area (Å²) in [6.45, 7) is 6.68. The fourth-order valence-electron chi connectivity index (χ4n) is 2.53. The number of benzene rings is 2. The van der Waals surface area contributed by atoms with Gasteiger partial charge in [-0.15, -0.1) is 0 Å². The molecule has 3 aromatic rings. The van der Waals surface area contributed by atoms with Gasteiger partial charge in [0.15, 0.2) is 11.6 Å². The van der Waals surface area contributed by atoms with E-state index >= 15 is 0 Å². The maximum Gasteiger partial charge on any atom is 0.159 e. The molecule has 0 atom stereocenters. The Morgan fingerprint density at radius 1 is 0.962 bits per heavy atom. The molecular weight excluding hydrogens is 326 g/mol. The standard InChI is InChI=1S/C20H23N5O/c1-4-26-16-9-7-15(8-10-16)24-19-18(21)20(23-12-22-19)25-17-11-13(2)5-6-14(17)3/h5-12H,4,21H2,1-3H3,(H2,22,23,24,25). The molecule has 0 saturated carbocycles. The summed E-state index contributed by atoms with van der Waals surface area (Å²) in [5, 5.41) is 6.52. The fraction of sp³-hybridized carbons (Fsp3) is 0.200. The minimum Gasteiger partial charge on any atom is -0.494 e. The van der Waals surface area contributed by atoms with Crippen LogP contribution in [0.1, 0.15) is 18.1 Å². The van der Waals surface area contributed by atoms with Crippen LogP contribution in [0.25, 0.3) is 0 Å². The van der Waals surface area contributed by atoms with Crippen LogP contribution in [0.2, 0.25) is 0 Å². The van der Waals surface area contributed by atoms with Gasteiger partial charge < -0.3 is 21.1 Å². The summed E-state index contributed by atoms with van der Waals surface area (Å²) in [4.78, 5) is 8.53. The minimum absolute atomic E-state index is 0.460. The Balaban J connectivity index is 1.81. The van der Waals surface area contributed by atoms with E-state index in [-0.39, 0.29) is 0 Å². The van der Waals surface area contributed by atoms with Gasteiger partial charge in [0, 0.05) is 11.4 Å². The molecule has 0 saturated heterocycles. The summed E-state index contributed by atoms with van der Waals surface area (Å²) in [6.07, 6.45) is 1.49. The van der Waals surface area contributed by atoms with Crippen LogP contribution in [-0.4, -0.2) is 16.6 Å². The number of hydrogen-bond acceptors (Lipinski definition) is 6. The molecule has 134 valence electrons. The zero-order valence-corrected chi connectivity index (χ0v) is 15.2. The molecule has 0 amide bonds. The highest BCUT2D eigenvalue weighted by Crippen LogP contribution is 2.30. The van der Waals surface area contributed by atoms with Crippen LogP contribution in [0.4, 0.5) is 28.7 Å². The first-order chi connectivity index (χ1) is 12.6. The number of hydrogen-bond donors (Lipinski definition) is 3. The Labute approximate surface area is 153 Å². The van der Waals surface area contributed by atoms with Crippen LogP contribution in [0.15, 0.2) is 48.8 Å². The Morgan fingerprint density at radius 3 is 2.35 bits per heavy atom. The van der Waals surface area contributed by atoms with E-state index in [0.717, 1.165) is 22.7 Å². The molecule has 1 heterocycles. The molecule has 6 heteroatoms. The summed E-state index contributed by atoms with van der Waals surface area (Å²) in [5.74, 6) is 1.95. The van der Waals surface area contributed by atoms with E-state index in [4.69, 9.17) is 10.5 Å². The lowest BCUT2D eigenvalue weighted by atomic mass is 10.1. The van der Waals surface area contributed by atoms with Gasteiger partial charge in [0.05, 0.1) is 6.61 Å².